The lowest BCUT2D eigenvalue weighted by molar-refractivity contribution is 0.594. The summed E-state index contributed by atoms with van der Waals surface area (Å²) in [4.78, 5) is 8.98. The van der Waals surface area contributed by atoms with E-state index < -0.39 is 0 Å². The van der Waals surface area contributed by atoms with Crippen LogP contribution in [-0.4, -0.2) is 14.5 Å². The predicted molar refractivity (Wildman–Crippen MR) is 92.1 cm³/mol. The van der Waals surface area contributed by atoms with Crippen LogP contribution in [-0.2, 0) is 6.54 Å². The van der Waals surface area contributed by atoms with Gasteiger partial charge in [-0.15, -0.1) is 0 Å². The molecule has 0 amide bonds. The molecule has 0 unspecified atom stereocenters. The summed E-state index contributed by atoms with van der Waals surface area (Å²) in [6, 6.07) is 12.1. The minimum atomic E-state index is 0.509. The van der Waals surface area contributed by atoms with E-state index in [2.05, 4.69) is 34.7 Å². The molecule has 22 heavy (non-hydrogen) atoms. The molecule has 2 aromatic heterocycles. The number of hydrogen-bond donors (Lipinski definition) is 0. The van der Waals surface area contributed by atoms with Crippen molar-refractivity contribution in [2.45, 2.75) is 39.2 Å². The fraction of sp³-hybridized carbons (Fsp3) is 0.333. The molecule has 0 aliphatic heterocycles. The number of rotatable bonds is 6. The van der Waals surface area contributed by atoms with Crippen molar-refractivity contribution in [3.63, 3.8) is 0 Å². The first kappa shape index (κ1) is 15.0. The second-order valence-electron chi connectivity index (χ2n) is 5.51. The van der Waals surface area contributed by atoms with Crippen LogP contribution in [0, 0.1) is 0 Å². The Bertz CT molecular complexity index is 747. The Kier molecular flexibility index (Phi) is 4.74. The number of unbranched alkanes of at least 4 members (excludes halogenated alkanes) is 3. The number of benzene rings is 1. The van der Waals surface area contributed by atoms with Gasteiger partial charge >= 0.3 is 0 Å². The van der Waals surface area contributed by atoms with E-state index in [0.29, 0.717) is 5.15 Å². The molecule has 3 aromatic rings. The van der Waals surface area contributed by atoms with Crippen molar-refractivity contribution in [1.29, 1.82) is 0 Å². The van der Waals surface area contributed by atoms with Crippen LogP contribution in [0.3, 0.4) is 0 Å². The number of nitrogens with zero attached hydrogens (tertiary/aromatic N) is 3. The Balaban J connectivity index is 1.98. The van der Waals surface area contributed by atoms with E-state index in [0.717, 1.165) is 23.4 Å². The summed E-state index contributed by atoms with van der Waals surface area (Å²) in [6.07, 6.45) is 6.75. The Morgan fingerprint density at radius 3 is 2.68 bits per heavy atom. The SMILES string of the molecule is CCCCCCn1c(-c2ccc(Cl)nc2)nc2ccccc21. The lowest BCUT2D eigenvalue weighted by atomic mass is 10.2. The van der Waals surface area contributed by atoms with Crippen LogP contribution >= 0.6 is 11.6 Å². The zero-order valence-corrected chi connectivity index (χ0v) is 13.6. The van der Waals surface area contributed by atoms with Crippen molar-refractivity contribution in [3.8, 4) is 11.4 Å². The number of aromatic nitrogens is 3. The predicted octanol–water partition coefficient (Wildman–Crippen LogP) is 5.33. The summed E-state index contributed by atoms with van der Waals surface area (Å²) in [5, 5.41) is 0.509. The molecule has 0 saturated heterocycles. The molecule has 0 saturated carbocycles. The summed E-state index contributed by atoms with van der Waals surface area (Å²) < 4.78 is 2.30. The van der Waals surface area contributed by atoms with E-state index in [1.807, 2.05) is 18.2 Å². The molecule has 0 aliphatic carbocycles. The molecule has 4 heteroatoms. The maximum atomic E-state index is 5.90. The highest BCUT2D eigenvalue weighted by atomic mass is 35.5. The molecular weight excluding hydrogens is 294 g/mol. The van der Waals surface area contributed by atoms with Crippen molar-refractivity contribution in [1.82, 2.24) is 14.5 Å². The second-order valence-corrected chi connectivity index (χ2v) is 5.89. The number of halogens is 1. The normalized spacial score (nSPS) is 11.2. The van der Waals surface area contributed by atoms with Gasteiger partial charge in [-0.3, -0.25) is 0 Å². The number of imidazole rings is 1. The first-order valence-corrected chi connectivity index (χ1v) is 8.24. The lowest BCUT2D eigenvalue weighted by Gasteiger charge is -2.09. The van der Waals surface area contributed by atoms with Gasteiger partial charge in [0.15, 0.2) is 0 Å². The fourth-order valence-electron chi connectivity index (χ4n) is 2.73. The minimum absolute atomic E-state index is 0.509. The van der Waals surface area contributed by atoms with E-state index in [9.17, 15) is 0 Å². The third-order valence-electron chi connectivity index (χ3n) is 3.88. The van der Waals surface area contributed by atoms with Crippen LogP contribution in [0.15, 0.2) is 42.6 Å². The lowest BCUT2D eigenvalue weighted by Crippen LogP contribution is -2.01. The van der Waals surface area contributed by atoms with Gasteiger partial charge in [0.1, 0.15) is 11.0 Å². The summed E-state index contributed by atoms with van der Waals surface area (Å²) in [5.74, 6) is 0.974. The first-order chi connectivity index (χ1) is 10.8. The number of fused-ring (bicyclic) bond motifs is 1. The van der Waals surface area contributed by atoms with Crippen LogP contribution in [0.5, 0.6) is 0 Å². The Labute approximate surface area is 136 Å². The van der Waals surface area contributed by atoms with E-state index in [4.69, 9.17) is 16.6 Å². The smallest absolute Gasteiger partial charge is 0.142 e. The first-order valence-electron chi connectivity index (χ1n) is 7.87. The van der Waals surface area contributed by atoms with Crippen molar-refractivity contribution >= 4 is 22.6 Å². The van der Waals surface area contributed by atoms with Gasteiger partial charge in [-0.05, 0) is 30.7 Å². The zero-order valence-electron chi connectivity index (χ0n) is 12.8. The number of hydrogen-bond acceptors (Lipinski definition) is 2. The number of para-hydroxylation sites is 2. The fourth-order valence-corrected chi connectivity index (χ4v) is 2.84. The molecule has 0 fully saturated rings. The Hall–Kier alpha value is -1.87. The van der Waals surface area contributed by atoms with Crippen LogP contribution in [0.4, 0.5) is 0 Å². The largest absolute Gasteiger partial charge is 0.324 e. The average Bonchev–Trinajstić information content (AvgIpc) is 2.91. The highest BCUT2D eigenvalue weighted by molar-refractivity contribution is 6.29. The van der Waals surface area contributed by atoms with Gasteiger partial charge in [-0.2, -0.15) is 0 Å². The molecule has 3 rings (SSSR count). The van der Waals surface area contributed by atoms with Gasteiger partial charge in [-0.1, -0.05) is 49.9 Å². The van der Waals surface area contributed by atoms with Gasteiger partial charge in [-0.25, -0.2) is 9.97 Å². The topological polar surface area (TPSA) is 30.7 Å². The van der Waals surface area contributed by atoms with Gasteiger partial charge in [0.25, 0.3) is 0 Å². The molecule has 0 bridgehead atoms. The van der Waals surface area contributed by atoms with Gasteiger partial charge in [0, 0.05) is 18.3 Å². The van der Waals surface area contributed by atoms with Crippen LogP contribution < -0.4 is 0 Å². The Morgan fingerprint density at radius 2 is 1.91 bits per heavy atom. The molecule has 0 atom stereocenters. The summed E-state index contributed by atoms with van der Waals surface area (Å²) in [6.45, 7) is 3.22. The highest BCUT2D eigenvalue weighted by Gasteiger charge is 2.12. The Morgan fingerprint density at radius 1 is 1.05 bits per heavy atom. The summed E-state index contributed by atoms with van der Waals surface area (Å²) >= 11 is 5.90. The van der Waals surface area contributed by atoms with Crippen molar-refractivity contribution in [3.05, 3.63) is 47.7 Å². The van der Waals surface area contributed by atoms with E-state index in [1.165, 1.54) is 31.2 Å². The molecule has 3 nitrogen and oxygen atoms in total. The second kappa shape index (κ2) is 6.93. The van der Waals surface area contributed by atoms with Gasteiger partial charge < -0.3 is 4.57 Å². The molecule has 114 valence electrons. The molecule has 1 aromatic carbocycles. The molecule has 0 aliphatic rings. The highest BCUT2D eigenvalue weighted by Crippen LogP contribution is 2.25. The monoisotopic (exact) mass is 313 g/mol. The van der Waals surface area contributed by atoms with Crippen molar-refractivity contribution in [2.24, 2.45) is 0 Å². The summed E-state index contributed by atoms with van der Waals surface area (Å²) in [5.41, 5.74) is 3.22. The molecule has 0 radical (unpaired) electrons. The molecule has 0 spiro atoms. The molecule has 0 N–H and O–H groups in total. The van der Waals surface area contributed by atoms with Crippen molar-refractivity contribution in [2.75, 3.05) is 0 Å². The third kappa shape index (κ3) is 3.14. The van der Waals surface area contributed by atoms with E-state index in [1.54, 1.807) is 6.20 Å². The molecule has 2 heterocycles. The maximum absolute atomic E-state index is 5.90. The van der Waals surface area contributed by atoms with Gasteiger partial charge in [0.05, 0.1) is 11.0 Å². The van der Waals surface area contributed by atoms with Crippen LogP contribution in [0.25, 0.3) is 22.4 Å². The number of aryl methyl sites for hydroxylation is 1. The van der Waals surface area contributed by atoms with Crippen LogP contribution in [0.1, 0.15) is 32.6 Å². The number of pyridine rings is 1. The summed E-state index contributed by atoms with van der Waals surface area (Å²) in [7, 11) is 0. The third-order valence-corrected chi connectivity index (χ3v) is 4.10. The zero-order chi connectivity index (χ0) is 15.4. The van der Waals surface area contributed by atoms with E-state index >= 15 is 0 Å². The van der Waals surface area contributed by atoms with Gasteiger partial charge in [0.2, 0.25) is 0 Å². The van der Waals surface area contributed by atoms with Crippen molar-refractivity contribution < 1.29 is 0 Å². The average molecular weight is 314 g/mol. The van der Waals surface area contributed by atoms with Crippen LogP contribution in [0.2, 0.25) is 5.15 Å². The minimum Gasteiger partial charge on any atom is -0.324 e. The molecular formula is C18H20ClN3. The van der Waals surface area contributed by atoms with E-state index in [-0.39, 0.29) is 0 Å². The maximum Gasteiger partial charge on any atom is 0.142 e. The standard InChI is InChI=1S/C18H20ClN3/c1-2-3-4-7-12-22-16-9-6-5-8-15(16)21-18(22)14-10-11-17(19)20-13-14/h5-6,8-11,13H,2-4,7,12H2,1H3. The quantitative estimate of drug-likeness (QED) is 0.455.